The maximum Gasteiger partial charge on any atom is 0.163 e. The molecule has 0 aromatic heterocycles. The second kappa shape index (κ2) is 7.32. The van der Waals surface area contributed by atoms with Crippen LogP contribution in [0.4, 0.5) is 0 Å². The normalized spacial score (nSPS) is 18.0. The number of carbonyl (C=O) groups is 2. The first-order valence-electron chi connectivity index (χ1n) is 6.85. The lowest BCUT2D eigenvalue weighted by Crippen LogP contribution is -2.14. The van der Waals surface area contributed by atoms with Gasteiger partial charge in [0.2, 0.25) is 0 Å². The molecule has 1 aliphatic carbocycles. The van der Waals surface area contributed by atoms with E-state index in [0.717, 1.165) is 20.9 Å². The number of carbonyl (C=O) groups excluding carboxylic acids is 2. The zero-order valence-corrected chi connectivity index (χ0v) is 14.9. The van der Waals surface area contributed by atoms with Gasteiger partial charge in [0, 0.05) is 22.9 Å². The average molecular weight is 412 g/mol. The molecule has 1 aromatic carbocycles. The fourth-order valence-electron chi connectivity index (χ4n) is 2.33. The molecule has 2 rings (SSSR count). The predicted molar refractivity (Wildman–Crippen MR) is 91.6 cm³/mol. The van der Waals surface area contributed by atoms with E-state index in [0.29, 0.717) is 5.56 Å². The van der Waals surface area contributed by atoms with Gasteiger partial charge in [-0.3, -0.25) is 9.59 Å². The van der Waals surface area contributed by atoms with Gasteiger partial charge in [-0.25, -0.2) is 0 Å². The van der Waals surface area contributed by atoms with E-state index in [-0.39, 0.29) is 30.3 Å². The summed E-state index contributed by atoms with van der Waals surface area (Å²) in [5.74, 6) is 0.292. The lowest BCUT2D eigenvalue weighted by Gasteiger charge is -2.18. The molecule has 21 heavy (non-hydrogen) atoms. The monoisotopic (exact) mass is 410 g/mol. The molecule has 0 radical (unpaired) electrons. The van der Waals surface area contributed by atoms with Crippen molar-refractivity contribution in [2.45, 2.75) is 26.2 Å². The minimum Gasteiger partial charge on any atom is -0.295 e. The Bertz CT molecular complexity index is 612. The van der Waals surface area contributed by atoms with E-state index in [1.165, 1.54) is 0 Å². The van der Waals surface area contributed by atoms with Crippen LogP contribution in [-0.4, -0.2) is 11.6 Å². The Hall–Kier alpha value is -1.000. The quantitative estimate of drug-likeness (QED) is 0.622. The molecular weight excluding hydrogens is 396 g/mol. The molecule has 0 spiro atoms. The molecule has 0 saturated carbocycles. The van der Waals surface area contributed by atoms with Crippen molar-refractivity contribution in [2.75, 3.05) is 0 Å². The van der Waals surface area contributed by atoms with E-state index in [2.05, 4.69) is 31.9 Å². The van der Waals surface area contributed by atoms with Crippen LogP contribution in [0.15, 0.2) is 50.9 Å². The van der Waals surface area contributed by atoms with Crippen molar-refractivity contribution < 1.29 is 9.59 Å². The van der Waals surface area contributed by atoms with Crippen LogP contribution in [-0.2, 0) is 4.79 Å². The Morgan fingerprint density at radius 2 is 1.67 bits per heavy atom. The maximum atomic E-state index is 12.2. The predicted octanol–water partition coefficient (Wildman–Crippen LogP) is 5.23. The Kier molecular flexibility index (Phi) is 5.71. The van der Waals surface area contributed by atoms with Crippen LogP contribution in [0.25, 0.3) is 0 Å². The molecule has 0 heterocycles. The van der Waals surface area contributed by atoms with Gasteiger partial charge in [-0.2, -0.15) is 0 Å². The van der Waals surface area contributed by atoms with Crippen molar-refractivity contribution in [3.63, 3.8) is 0 Å². The molecule has 0 fully saturated rings. The first kappa shape index (κ1) is 16.4. The highest BCUT2D eigenvalue weighted by Crippen LogP contribution is 2.29. The van der Waals surface area contributed by atoms with Crippen LogP contribution in [0, 0.1) is 5.92 Å². The van der Waals surface area contributed by atoms with E-state index >= 15 is 0 Å². The summed E-state index contributed by atoms with van der Waals surface area (Å²) in [6.45, 7) is 2.04. The summed E-state index contributed by atoms with van der Waals surface area (Å²) in [6.07, 6.45) is 5.17. The van der Waals surface area contributed by atoms with Gasteiger partial charge in [-0.15, -0.1) is 0 Å². The third kappa shape index (κ3) is 4.48. The molecule has 1 aliphatic rings. The van der Waals surface area contributed by atoms with Gasteiger partial charge in [-0.1, -0.05) is 63.1 Å². The van der Waals surface area contributed by atoms with Crippen molar-refractivity contribution in [1.29, 1.82) is 0 Å². The summed E-state index contributed by atoms with van der Waals surface area (Å²) >= 11 is 6.79. The van der Waals surface area contributed by atoms with Crippen LogP contribution in [0.2, 0.25) is 0 Å². The topological polar surface area (TPSA) is 34.1 Å². The maximum absolute atomic E-state index is 12.2. The van der Waals surface area contributed by atoms with Gasteiger partial charge in [-0.05, 0) is 34.5 Å². The van der Waals surface area contributed by atoms with E-state index in [1.807, 2.05) is 31.2 Å². The minimum atomic E-state index is 0.0108. The fourth-order valence-corrected chi connectivity index (χ4v) is 3.22. The molecule has 4 heteroatoms. The smallest absolute Gasteiger partial charge is 0.163 e. The Morgan fingerprint density at radius 3 is 2.29 bits per heavy atom. The minimum absolute atomic E-state index is 0.0108. The number of rotatable bonds is 5. The van der Waals surface area contributed by atoms with Gasteiger partial charge in [0.15, 0.2) is 11.6 Å². The average Bonchev–Trinajstić information content (AvgIpc) is 2.45. The molecule has 0 saturated heterocycles. The molecule has 1 aromatic rings. The van der Waals surface area contributed by atoms with Gasteiger partial charge < -0.3 is 0 Å². The van der Waals surface area contributed by atoms with Gasteiger partial charge in [0.25, 0.3) is 0 Å². The number of hydrogen-bond donors (Lipinski definition) is 0. The molecule has 110 valence electrons. The summed E-state index contributed by atoms with van der Waals surface area (Å²) in [5.41, 5.74) is 1.47. The Labute approximate surface area is 141 Å². The molecular formula is C17H16Br2O2. The van der Waals surface area contributed by atoms with Crippen molar-refractivity contribution in [1.82, 2.24) is 0 Å². The second-order valence-electron chi connectivity index (χ2n) is 5.19. The number of halogens is 2. The molecule has 0 N–H and O–H groups in total. The summed E-state index contributed by atoms with van der Waals surface area (Å²) in [5, 5.41) is 0. The summed E-state index contributed by atoms with van der Waals surface area (Å²) in [4.78, 5) is 24.3. The highest BCUT2D eigenvalue weighted by molar-refractivity contribution is 9.11. The molecule has 0 amide bonds. The number of allylic oxidation sites excluding steroid dienone is 4. The molecule has 1 unspecified atom stereocenters. The van der Waals surface area contributed by atoms with E-state index < -0.39 is 0 Å². The number of Topliss-reactive ketones (excluding diaryl/α,β-unsaturated/α-hetero) is 2. The highest BCUT2D eigenvalue weighted by Gasteiger charge is 2.20. The van der Waals surface area contributed by atoms with E-state index in [4.69, 9.17) is 0 Å². The third-order valence-corrected chi connectivity index (χ3v) is 4.66. The Morgan fingerprint density at radius 1 is 1.05 bits per heavy atom. The Balaban J connectivity index is 1.95. The molecule has 0 aliphatic heterocycles. The lowest BCUT2D eigenvalue weighted by molar-refractivity contribution is -0.116. The van der Waals surface area contributed by atoms with E-state index in [1.54, 1.807) is 12.1 Å². The number of benzene rings is 1. The summed E-state index contributed by atoms with van der Waals surface area (Å²) in [7, 11) is 0. The fraction of sp³-hybridized carbons (Fsp3) is 0.294. The first-order valence-corrected chi connectivity index (χ1v) is 8.44. The van der Waals surface area contributed by atoms with Crippen LogP contribution in [0.3, 0.4) is 0 Å². The van der Waals surface area contributed by atoms with Crippen LogP contribution < -0.4 is 0 Å². The lowest BCUT2D eigenvalue weighted by atomic mass is 9.88. The van der Waals surface area contributed by atoms with Crippen molar-refractivity contribution in [2.24, 2.45) is 5.92 Å². The second-order valence-corrected chi connectivity index (χ2v) is 7.13. The van der Waals surface area contributed by atoms with Crippen LogP contribution in [0.5, 0.6) is 0 Å². The van der Waals surface area contributed by atoms with Gasteiger partial charge in [0.1, 0.15) is 0 Å². The van der Waals surface area contributed by atoms with Crippen LogP contribution >= 0.6 is 31.9 Å². The number of hydrogen-bond acceptors (Lipinski definition) is 2. The summed E-state index contributed by atoms with van der Waals surface area (Å²) in [6, 6.07) is 7.23. The molecule has 2 nitrogen and oxygen atoms in total. The molecule has 1 atom stereocenters. The number of ketones is 2. The van der Waals surface area contributed by atoms with E-state index in [9.17, 15) is 9.59 Å². The van der Waals surface area contributed by atoms with Crippen LogP contribution in [0.1, 0.15) is 36.5 Å². The largest absolute Gasteiger partial charge is 0.295 e. The SMILES string of the molecule is CC1CC(Br)=CC=C1C(=O)CCC(=O)c1ccc(Br)cc1. The highest BCUT2D eigenvalue weighted by atomic mass is 79.9. The summed E-state index contributed by atoms with van der Waals surface area (Å²) < 4.78 is 2.05. The zero-order chi connectivity index (χ0) is 15.4. The zero-order valence-electron chi connectivity index (χ0n) is 11.7. The standard InChI is InChI=1S/C17H16Br2O2/c1-11-10-14(19)6-7-15(11)17(21)9-8-16(20)12-2-4-13(18)5-3-12/h2-7,11H,8-10H2,1H3. The molecule has 0 bridgehead atoms. The van der Waals surface area contributed by atoms with Crippen molar-refractivity contribution in [3.8, 4) is 0 Å². The van der Waals surface area contributed by atoms with Crippen molar-refractivity contribution >= 4 is 43.4 Å². The van der Waals surface area contributed by atoms with Gasteiger partial charge >= 0.3 is 0 Å². The third-order valence-electron chi connectivity index (χ3n) is 3.54. The van der Waals surface area contributed by atoms with Gasteiger partial charge in [0.05, 0.1) is 0 Å². The van der Waals surface area contributed by atoms with Crippen molar-refractivity contribution in [3.05, 3.63) is 56.5 Å². The first-order chi connectivity index (χ1) is 9.97.